The summed E-state index contributed by atoms with van der Waals surface area (Å²) in [7, 11) is 0. The number of aromatic nitrogens is 2. The summed E-state index contributed by atoms with van der Waals surface area (Å²) in [6.07, 6.45) is 0. The van der Waals surface area contributed by atoms with Gasteiger partial charge in [0.2, 0.25) is 5.91 Å². The molecular weight excluding hydrogens is 228 g/mol. The Morgan fingerprint density at radius 2 is 2.07 bits per heavy atom. The quantitative estimate of drug-likeness (QED) is 0.714. The van der Waals surface area contributed by atoms with Crippen LogP contribution in [0.1, 0.15) is 11.7 Å². The fraction of sp³-hybridized carbons (Fsp3) is 0.100. The Hall–Kier alpha value is -1.33. The molecule has 0 N–H and O–H groups in total. The lowest BCUT2D eigenvalue weighted by Gasteiger charge is -1.93. The van der Waals surface area contributed by atoms with Crippen LogP contribution in [0.2, 0.25) is 0 Å². The molecule has 0 saturated heterocycles. The van der Waals surface area contributed by atoms with Crippen molar-refractivity contribution in [3.05, 3.63) is 34.3 Å². The van der Waals surface area contributed by atoms with E-state index in [1.165, 1.54) is 22.9 Å². The van der Waals surface area contributed by atoms with E-state index in [1.807, 2.05) is 30.3 Å². The van der Waals surface area contributed by atoms with Gasteiger partial charge in [0.25, 0.3) is 0 Å². The minimum atomic E-state index is -0.154. The number of rotatable bonds is 1. The van der Waals surface area contributed by atoms with Gasteiger partial charge in [0.15, 0.2) is 3.95 Å². The van der Waals surface area contributed by atoms with Crippen LogP contribution in [0, 0.1) is 3.95 Å². The second kappa shape index (κ2) is 4.04. The van der Waals surface area contributed by atoms with Gasteiger partial charge in [-0.15, -0.1) is 0 Å². The molecule has 0 atom stereocenters. The Labute approximate surface area is 96.0 Å². The molecule has 5 heteroatoms. The van der Waals surface area contributed by atoms with Crippen molar-refractivity contribution in [2.75, 3.05) is 0 Å². The maximum Gasteiger partial charge on any atom is 0.245 e. The van der Waals surface area contributed by atoms with Gasteiger partial charge in [-0.2, -0.15) is 9.78 Å². The maximum atomic E-state index is 11.2. The van der Waals surface area contributed by atoms with Gasteiger partial charge >= 0.3 is 0 Å². The molecule has 2 aromatic rings. The fourth-order valence-electron chi connectivity index (χ4n) is 1.17. The van der Waals surface area contributed by atoms with E-state index in [0.29, 0.717) is 3.95 Å². The lowest BCUT2D eigenvalue weighted by molar-refractivity contribution is 0.0920. The molecule has 1 aromatic carbocycles. The van der Waals surface area contributed by atoms with Crippen molar-refractivity contribution >= 4 is 29.5 Å². The highest BCUT2D eigenvalue weighted by Crippen LogP contribution is 2.22. The molecule has 0 aliphatic heterocycles. The van der Waals surface area contributed by atoms with Crippen molar-refractivity contribution in [1.82, 2.24) is 9.78 Å². The smallest absolute Gasteiger partial charge is 0.245 e. The highest BCUT2D eigenvalue weighted by Gasteiger charge is 2.07. The summed E-state index contributed by atoms with van der Waals surface area (Å²) >= 11 is 6.39. The average Bonchev–Trinajstić information content (AvgIpc) is 2.62. The third kappa shape index (κ3) is 2.03. The van der Waals surface area contributed by atoms with Crippen LogP contribution in [0.3, 0.4) is 0 Å². The molecule has 0 saturated carbocycles. The van der Waals surface area contributed by atoms with Crippen molar-refractivity contribution in [2.24, 2.45) is 0 Å². The molecule has 0 aliphatic carbocycles. The van der Waals surface area contributed by atoms with E-state index in [2.05, 4.69) is 5.10 Å². The number of carbonyl (C=O) groups is 1. The second-order valence-electron chi connectivity index (χ2n) is 2.97. The van der Waals surface area contributed by atoms with Crippen LogP contribution < -0.4 is 0 Å². The summed E-state index contributed by atoms with van der Waals surface area (Å²) in [5, 5.41) is 4.93. The zero-order valence-electron chi connectivity index (χ0n) is 8.01. The molecule has 0 spiro atoms. The Morgan fingerprint density at radius 1 is 1.40 bits per heavy atom. The van der Waals surface area contributed by atoms with E-state index in [4.69, 9.17) is 12.2 Å². The van der Waals surface area contributed by atoms with Gasteiger partial charge in [-0.25, -0.2) is 0 Å². The van der Waals surface area contributed by atoms with Crippen LogP contribution in [0.4, 0.5) is 0 Å². The number of benzene rings is 1. The Bertz CT molecular complexity index is 542. The third-order valence-corrected chi connectivity index (χ3v) is 3.15. The topological polar surface area (TPSA) is 34.9 Å². The summed E-state index contributed by atoms with van der Waals surface area (Å²) in [5.74, 6) is -0.154. The summed E-state index contributed by atoms with van der Waals surface area (Å²) in [6, 6.07) is 9.68. The molecule has 1 heterocycles. The van der Waals surface area contributed by atoms with E-state index in [9.17, 15) is 4.79 Å². The van der Waals surface area contributed by atoms with Crippen molar-refractivity contribution in [3.8, 4) is 10.6 Å². The molecular formula is C10H8N2OS2. The third-order valence-electron chi connectivity index (χ3n) is 1.87. The second-order valence-corrected chi connectivity index (χ2v) is 4.59. The first kappa shape index (κ1) is 10.2. The average molecular weight is 236 g/mol. The monoisotopic (exact) mass is 236 g/mol. The van der Waals surface area contributed by atoms with Gasteiger partial charge in [0.05, 0.1) is 0 Å². The molecule has 15 heavy (non-hydrogen) atoms. The van der Waals surface area contributed by atoms with Crippen LogP contribution in [0.25, 0.3) is 10.6 Å². The van der Waals surface area contributed by atoms with Crippen molar-refractivity contribution in [3.63, 3.8) is 0 Å². The summed E-state index contributed by atoms with van der Waals surface area (Å²) in [5.41, 5.74) is 0.980. The Morgan fingerprint density at radius 3 is 2.60 bits per heavy atom. The highest BCUT2D eigenvalue weighted by atomic mass is 32.1. The predicted octanol–water partition coefficient (Wildman–Crippen LogP) is 3.00. The zero-order chi connectivity index (χ0) is 10.8. The van der Waals surface area contributed by atoms with Crippen LogP contribution >= 0.6 is 23.6 Å². The van der Waals surface area contributed by atoms with E-state index >= 15 is 0 Å². The Kier molecular flexibility index (Phi) is 2.75. The van der Waals surface area contributed by atoms with Gasteiger partial charge in [-0.3, -0.25) is 4.79 Å². The first-order valence-corrected chi connectivity index (χ1v) is 5.57. The molecule has 3 nitrogen and oxygen atoms in total. The normalized spacial score (nSPS) is 10.2. The fourth-order valence-corrected chi connectivity index (χ4v) is 2.38. The van der Waals surface area contributed by atoms with Crippen molar-refractivity contribution < 1.29 is 4.79 Å². The molecule has 2 rings (SSSR count). The zero-order valence-corrected chi connectivity index (χ0v) is 9.64. The predicted molar refractivity (Wildman–Crippen MR) is 62.7 cm³/mol. The molecule has 0 aliphatic rings. The van der Waals surface area contributed by atoms with E-state index in [1.54, 1.807) is 0 Å². The van der Waals surface area contributed by atoms with E-state index in [0.717, 1.165) is 10.6 Å². The first-order valence-electron chi connectivity index (χ1n) is 4.35. The van der Waals surface area contributed by atoms with Crippen LogP contribution in [0.15, 0.2) is 30.3 Å². The number of nitrogens with zero attached hydrogens (tertiary/aromatic N) is 2. The molecule has 0 unspecified atom stereocenters. The van der Waals surface area contributed by atoms with Gasteiger partial charge in [-0.1, -0.05) is 41.7 Å². The maximum absolute atomic E-state index is 11.2. The van der Waals surface area contributed by atoms with Gasteiger partial charge in [0.1, 0.15) is 5.01 Å². The van der Waals surface area contributed by atoms with Gasteiger partial charge in [0, 0.05) is 12.5 Å². The SMILES string of the molecule is CC(=O)n1nc(-c2ccccc2)sc1=S. The van der Waals surface area contributed by atoms with Crippen molar-refractivity contribution in [2.45, 2.75) is 6.92 Å². The molecule has 0 amide bonds. The number of hydrogen-bond donors (Lipinski definition) is 0. The largest absolute Gasteiger partial charge is 0.273 e. The first-order chi connectivity index (χ1) is 7.18. The summed E-state index contributed by atoms with van der Waals surface area (Å²) in [4.78, 5) is 11.2. The number of hydrogen-bond acceptors (Lipinski definition) is 4. The minimum absolute atomic E-state index is 0.154. The lowest BCUT2D eigenvalue weighted by Crippen LogP contribution is -2.07. The molecule has 76 valence electrons. The Balaban J connectivity index is 2.53. The molecule has 0 fully saturated rings. The molecule has 1 aromatic heterocycles. The van der Waals surface area contributed by atoms with Crippen LogP contribution in [-0.4, -0.2) is 15.7 Å². The van der Waals surface area contributed by atoms with Gasteiger partial charge in [-0.05, 0) is 12.2 Å². The molecule has 0 bridgehead atoms. The highest BCUT2D eigenvalue weighted by molar-refractivity contribution is 7.73. The number of carbonyl (C=O) groups excluding carboxylic acids is 1. The minimum Gasteiger partial charge on any atom is -0.273 e. The molecule has 0 radical (unpaired) electrons. The standard InChI is InChI=1S/C10H8N2OS2/c1-7(13)12-10(14)15-9(11-12)8-5-3-2-4-6-8/h2-6H,1H3. The summed E-state index contributed by atoms with van der Waals surface area (Å²) in [6.45, 7) is 1.45. The van der Waals surface area contributed by atoms with Crippen molar-refractivity contribution in [1.29, 1.82) is 0 Å². The van der Waals surface area contributed by atoms with Crippen LogP contribution in [0.5, 0.6) is 0 Å². The lowest BCUT2D eigenvalue weighted by atomic mass is 10.2. The van der Waals surface area contributed by atoms with E-state index < -0.39 is 0 Å². The van der Waals surface area contributed by atoms with Gasteiger partial charge < -0.3 is 0 Å². The summed E-state index contributed by atoms with van der Waals surface area (Å²) < 4.78 is 1.74. The van der Waals surface area contributed by atoms with Crippen LogP contribution in [-0.2, 0) is 0 Å². The van der Waals surface area contributed by atoms with E-state index in [-0.39, 0.29) is 5.91 Å².